The number of alkyl halides is 3. The van der Waals surface area contributed by atoms with Crippen LogP contribution in [0.5, 0.6) is 0 Å². The molecule has 0 fully saturated rings. The Hall–Kier alpha value is -1.82. The molecule has 0 aliphatic heterocycles. The number of hydrogen-bond acceptors (Lipinski definition) is 2. The maximum Gasteiger partial charge on any atom is 0.416 e. The van der Waals surface area contributed by atoms with Crippen molar-refractivity contribution in [2.75, 3.05) is 0 Å². The average Bonchev–Trinajstić information content (AvgIpc) is 2.76. The molecule has 0 aliphatic carbocycles. The first-order chi connectivity index (χ1) is 9.18. The lowest BCUT2D eigenvalue weighted by Gasteiger charge is -2.21. The summed E-state index contributed by atoms with van der Waals surface area (Å²) in [6.07, 6.45) is -1.13. The van der Waals surface area contributed by atoms with Crippen molar-refractivity contribution in [1.82, 2.24) is 9.55 Å². The monoisotopic (exact) mass is 283 g/mol. The van der Waals surface area contributed by atoms with Crippen LogP contribution in [0.4, 0.5) is 13.2 Å². The van der Waals surface area contributed by atoms with Crippen LogP contribution >= 0.6 is 0 Å². The smallest absolute Gasteiger partial charge is 0.328 e. The average molecular weight is 283 g/mol. The third-order valence-electron chi connectivity index (χ3n) is 2.98. The maximum absolute atomic E-state index is 12.7. The minimum Gasteiger partial charge on any atom is -0.328 e. The summed E-state index contributed by atoms with van der Waals surface area (Å²) in [5, 5.41) is 0. The van der Waals surface area contributed by atoms with Crippen molar-refractivity contribution in [1.29, 1.82) is 0 Å². The van der Waals surface area contributed by atoms with Gasteiger partial charge in [0.1, 0.15) is 0 Å². The molecule has 1 heterocycles. The van der Waals surface area contributed by atoms with Crippen LogP contribution in [0.1, 0.15) is 30.7 Å². The molecule has 20 heavy (non-hydrogen) atoms. The van der Waals surface area contributed by atoms with E-state index in [0.717, 1.165) is 17.8 Å². The van der Waals surface area contributed by atoms with E-state index in [0.29, 0.717) is 12.1 Å². The molecule has 0 radical (unpaired) electrons. The lowest BCUT2D eigenvalue weighted by Crippen LogP contribution is -2.31. The fourth-order valence-corrected chi connectivity index (χ4v) is 2.03. The van der Waals surface area contributed by atoms with Crippen LogP contribution < -0.4 is 5.73 Å². The first-order valence-corrected chi connectivity index (χ1v) is 6.13. The number of rotatable bonds is 3. The van der Waals surface area contributed by atoms with Crippen molar-refractivity contribution < 1.29 is 13.2 Å². The highest BCUT2D eigenvalue weighted by Gasteiger charge is 2.30. The second kappa shape index (κ2) is 4.94. The van der Waals surface area contributed by atoms with E-state index in [1.807, 2.05) is 13.8 Å². The Morgan fingerprint density at radius 3 is 2.55 bits per heavy atom. The molecule has 2 aromatic rings. The van der Waals surface area contributed by atoms with Gasteiger partial charge in [0.15, 0.2) is 0 Å². The number of nitrogens with two attached hydrogens (primary N) is 1. The highest BCUT2D eigenvalue weighted by molar-refractivity contribution is 5.26. The zero-order valence-corrected chi connectivity index (χ0v) is 11.3. The highest BCUT2D eigenvalue weighted by atomic mass is 19.4. The van der Waals surface area contributed by atoms with E-state index < -0.39 is 17.3 Å². The van der Waals surface area contributed by atoms with Crippen molar-refractivity contribution in [3.8, 4) is 0 Å². The molecule has 3 nitrogen and oxygen atoms in total. The number of aromatic nitrogens is 2. The first-order valence-electron chi connectivity index (χ1n) is 6.13. The lowest BCUT2D eigenvalue weighted by atomic mass is 10.0. The Balaban J connectivity index is 2.30. The van der Waals surface area contributed by atoms with Gasteiger partial charge in [0.25, 0.3) is 0 Å². The van der Waals surface area contributed by atoms with Gasteiger partial charge in [0.05, 0.1) is 23.1 Å². The Morgan fingerprint density at radius 2 is 1.95 bits per heavy atom. The molecule has 0 amide bonds. The number of halogens is 3. The van der Waals surface area contributed by atoms with Crippen molar-refractivity contribution >= 4 is 0 Å². The minimum absolute atomic E-state index is 0.305. The Kier molecular flexibility index (Phi) is 3.60. The van der Waals surface area contributed by atoms with Crippen molar-refractivity contribution in [2.24, 2.45) is 5.73 Å². The molecule has 0 saturated heterocycles. The fourth-order valence-electron chi connectivity index (χ4n) is 2.03. The number of hydrogen-bond donors (Lipinski definition) is 1. The van der Waals surface area contributed by atoms with Gasteiger partial charge in [0, 0.05) is 12.7 Å². The summed E-state index contributed by atoms with van der Waals surface area (Å²) in [5.41, 5.74) is 6.10. The normalized spacial score (nSPS) is 12.7. The van der Waals surface area contributed by atoms with E-state index in [1.165, 1.54) is 6.07 Å². The molecule has 1 aromatic heterocycles. The number of nitrogens with zero attached hydrogens (tertiary/aromatic N) is 2. The Bertz CT molecular complexity index is 594. The second-order valence-corrected chi connectivity index (χ2v) is 5.33. The molecule has 0 saturated carbocycles. The lowest BCUT2D eigenvalue weighted by molar-refractivity contribution is -0.137. The van der Waals surface area contributed by atoms with Gasteiger partial charge in [-0.2, -0.15) is 13.2 Å². The van der Waals surface area contributed by atoms with Gasteiger partial charge in [-0.15, -0.1) is 0 Å². The summed E-state index contributed by atoms with van der Waals surface area (Å²) in [6.45, 7) is 3.96. The SMILES string of the molecule is CC(C)(N)c1cncn1Cc1cccc(C(F)(F)F)c1. The van der Waals surface area contributed by atoms with Gasteiger partial charge in [-0.05, 0) is 31.5 Å². The molecule has 0 spiro atoms. The van der Waals surface area contributed by atoms with Gasteiger partial charge < -0.3 is 10.3 Å². The van der Waals surface area contributed by atoms with Gasteiger partial charge in [0.2, 0.25) is 0 Å². The summed E-state index contributed by atoms with van der Waals surface area (Å²) in [7, 11) is 0. The fraction of sp³-hybridized carbons (Fsp3) is 0.357. The van der Waals surface area contributed by atoms with E-state index in [9.17, 15) is 13.2 Å². The molecule has 2 rings (SSSR count). The number of imidazole rings is 1. The zero-order valence-electron chi connectivity index (χ0n) is 11.3. The van der Waals surface area contributed by atoms with Gasteiger partial charge in [-0.1, -0.05) is 12.1 Å². The molecule has 0 atom stereocenters. The summed E-state index contributed by atoms with van der Waals surface area (Å²) >= 11 is 0. The van der Waals surface area contributed by atoms with Gasteiger partial charge in [-0.25, -0.2) is 4.98 Å². The van der Waals surface area contributed by atoms with E-state index in [4.69, 9.17) is 5.73 Å². The van der Waals surface area contributed by atoms with E-state index in [-0.39, 0.29) is 0 Å². The second-order valence-electron chi connectivity index (χ2n) is 5.33. The predicted octanol–water partition coefficient (Wildman–Crippen LogP) is 3.14. The van der Waals surface area contributed by atoms with Crippen LogP contribution in [0, 0.1) is 0 Å². The molecule has 0 aliphatic rings. The molecular weight excluding hydrogens is 267 g/mol. The Labute approximate surface area is 115 Å². The third kappa shape index (κ3) is 3.19. The molecular formula is C14H16F3N3. The van der Waals surface area contributed by atoms with Crippen LogP contribution in [0.15, 0.2) is 36.8 Å². The van der Waals surface area contributed by atoms with Crippen LogP contribution in [-0.4, -0.2) is 9.55 Å². The summed E-state index contributed by atoms with van der Waals surface area (Å²) in [4.78, 5) is 4.02. The summed E-state index contributed by atoms with van der Waals surface area (Å²) in [6, 6.07) is 5.27. The van der Waals surface area contributed by atoms with E-state index in [1.54, 1.807) is 23.2 Å². The maximum atomic E-state index is 12.7. The van der Waals surface area contributed by atoms with Gasteiger partial charge in [-0.3, -0.25) is 0 Å². The molecule has 0 bridgehead atoms. The van der Waals surface area contributed by atoms with Crippen LogP contribution in [0.25, 0.3) is 0 Å². The number of benzene rings is 1. The van der Waals surface area contributed by atoms with Crippen molar-refractivity contribution in [3.05, 3.63) is 53.6 Å². The van der Waals surface area contributed by atoms with Crippen LogP contribution in [0.3, 0.4) is 0 Å². The van der Waals surface area contributed by atoms with Crippen LogP contribution in [-0.2, 0) is 18.3 Å². The standard InChI is InChI=1S/C14H16F3N3/c1-13(2,18)12-7-19-9-20(12)8-10-4-3-5-11(6-10)14(15,16)17/h3-7,9H,8,18H2,1-2H3. The summed E-state index contributed by atoms with van der Waals surface area (Å²) in [5.74, 6) is 0. The van der Waals surface area contributed by atoms with Crippen LogP contribution in [0.2, 0.25) is 0 Å². The largest absolute Gasteiger partial charge is 0.416 e. The molecule has 0 unspecified atom stereocenters. The molecule has 108 valence electrons. The van der Waals surface area contributed by atoms with E-state index >= 15 is 0 Å². The van der Waals surface area contributed by atoms with Crippen molar-refractivity contribution in [2.45, 2.75) is 32.1 Å². The third-order valence-corrected chi connectivity index (χ3v) is 2.98. The van der Waals surface area contributed by atoms with E-state index in [2.05, 4.69) is 4.98 Å². The minimum atomic E-state index is -4.33. The Morgan fingerprint density at radius 1 is 1.25 bits per heavy atom. The quantitative estimate of drug-likeness (QED) is 0.940. The highest BCUT2D eigenvalue weighted by Crippen LogP contribution is 2.29. The molecule has 2 N–H and O–H groups in total. The molecule has 1 aromatic carbocycles. The summed E-state index contributed by atoms with van der Waals surface area (Å²) < 4.78 is 39.8. The topological polar surface area (TPSA) is 43.8 Å². The first kappa shape index (κ1) is 14.6. The predicted molar refractivity (Wildman–Crippen MR) is 70.0 cm³/mol. The van der Waals surface area contributed by atoms with Crippen molar-refractivity contribution in [3.63, 3.8) is 0 Å². The van der Waals surface area contributed by atoms with Gasteiger partial charge >= 0.3 is 6.18 Å². The molecule has 6 heteroatoms. The zero-order chi connectivity index (χ0) is 15.0.